The van der Waals surface area contributed by atoms with Gasteiger partial charge in [-0.05, 0) is 18.1 Å². The van der Waals surface area contributed by atoms with E-state index in [4.69, 9.17) is 0 Å². The summed E-state index contributed by atoms with van der Waals surface area (Å²) >= 11 is 1.55. The largest absolute Gasteiger partial charge is 0.350 e. The lowest BCUT2D eigenvalue weighted by molar-refractivity contribution is 0.0951. The van der Waals surface area contributed by atoms with Crippen LogP contribution in [0.4, 0.5) is 0 Å². The summed E-state index contributed by atoms with van der Waals surface area (Å²) in [7, 11) is 0. The number of pyridine rings is 1. The molecular formula is C18H20N6OS. The maximum atomic E-state index is 12.7. The van der Waals surface area contributed by atoms with E-state index in [1.165, 1.54) is 0 Å². The fourth-order valence-corrected chi connectivity index (χ4v) is 3.84. The minimum Gasteiger partial charge on any atom is -0.350 e. The van der Waals surface area contributed by atoms with E-state index in [0.717, 1.165) is 28.4 Å². The molecule has 0 aliphatic rings. The number of imidazole rings is 1. The van der Waals surface area contributed by atoms with Crippen LogP contribution in [0.25, 0.3) is 10.5 Å². The van der Waals surface area contributed by atoms with Gasteiger partial charge >= 0.3 is 0 Å². The molecule has 0 atom stereocenters. The van der Waals surface area contributed by atoms with Crippen molar-refractivity contribution >= 4 is 27.7 Å². The molecule has 0 aromatic carbocycles. The monoisotopic (exact) mass is 368 g/mol. The van der Waals surface area contributed by atoms with Crippen molar-refractivity contribution in [3.8, 4) is 0 Å². The number of thiazole rings is 1. The van der Waals surface area contributed by atoms with Crippen molar-refractivity contribution in [2.24, 2.45) is 5.92 Å². The van der Waals surface area contributed by atoms with Gasteiger partial charge in [-0.15, -0.1) is 11.3 Å². The van der Waals surface area contributed by atoms with Gasteiger partial charge in [-0.3, -0.25) is 4.79 Å². The normalized spacial score (nSPS) is 11.7. The maximum absolute atomic E-state index is 12.7. The van der Waals surface area contributed by atoms with E-state index in [-0.39, 0.29) is 5.91 Å². The first kappa shape index (κ1) is 16.7. The summed E-state index contributed by atoms with van der Waals surface area (Å²) in [6.45, 7) is 4.82. The van der Waals surface area contributed by atoms with Crippen LogP contribution in [-0.2, 0) is 12.8 Å². The van der Waals surface area contributed by atoms with Crippen LogP contribution in [0.15, 0.2) is 36.1 Å². The number of nitrogens with zero attached hydrogens (tertiary/aromatic N) is 5. The highest BCUT2D eigenvalue weighted by Gasteiger charge is 2.17. The summed E-state index contributed by atoms with van der Waals surface area (Å²) < 4.78 is 3.82. The van der Waals surface area contributed by atoms with Gasteiger partial charge in [0.1, 0.15) is 12.2 Å². The van der Waals surface area contributed by atoms with Crippen molar-refractivity contribution < 1.29 is 4.79 Å². The van der Waals surface area contributed by atoms with Gasteiger partial charge in [-0.2, -0.15) is 5.10 Å². The fraction of sp³-hybridized carbons (Fsp3) is 0.333. The standard InChI is InChI=1S/C18H20N6OS/c1-12(2)9-15-22-16(14-5-3-4-8-23(14)15)17(25)19-7-6-13-10-26-18-20-11-21-24(13)18/h3-5,8,10-12H,6-7,9H2,1-2H3,(H,19,25). The molecule has 0 bridgehead atoms. The van der Waals surface area contributed by atoms with Gasteiger partial charge in [-0.1, -0.05) is 19.9 Å². The van der Waals surface area contributed by atoms with Crippen LogP contribution in [-0.4, -0.2) is 36.4 Å². The van der Waals surface area contributed by atoms with Crippen LogP contribution in [0.1, 0.15) is 35.9 Å². The molecule has 1 N–H and O–H groups in total. The summed E-state index contributed by atoms with van der Waals surface area (Å²) in [5, 5.41) is 9.20. The Labute approximate surface area is 154 Å². The number of rotatable bonds is 6. The molecule has 0 saturated carbocycles. The van der Waals surface area contributed by atoms with E-state index < -0.39 is 0 Å². The van der Waals surface area contributed by atoms with Crippen molar-refractivity contribution in [1.29, 1.82) is 0 Å². The second kappa shape index (κ2) is 6.87. The predicted octanol–water partition coefficient (Wildman–Crippen LogP) is 2.61. The number of fused-ring (bicyclic) bond motifs is 2. The number of hydrogen-bond donors (Lipinski definition) is 1. The molecule has 1 amide bonds. The van der Waals surface area contributed by atoms with Gasteiger partial charge in [0.15, 0.2) is 5.69 Å². The summed E-state index contributed by atoms with van der Waals surface area (Å²) in [5.41, 5.74) is 2.37. The molecule has 4 aromatic rings. The lowest BCUT2D eigenvalue weighted by atomic mass is 10.1. The molecule has 0 aliphatic heterocycles. The van der Waals surface area contributed by atoms with Crippen molar-refractivity contribution in [2.45, 2.75) is 26.7 Å². The highest BCUT2D eigenvalue weighted by atomic mass is 32.1. The average molecular weight is 368 g/mol. The zero-order valence-corrected chi connectivity index (χ0v) is 15.5. The lowest BCUT2D eigenvalue weighted by Crippen LogP contribution is -2.26. The molecule has 0 spiro atoms. The van der Waals surface area contributed by atoms with Crippen molar-refractivity contribution in [3.63, 3.8) is 0 Å². The molecule has 4 heterocycles. The maximum Gasteiger partial charge on any atom is 0.272 e. The Balaban J connectivity index is 1.50. The average Bonchev–Trinajstić information content (AvgIpc) is 3.30. The summed E-state index contributed by atoms with van der Waals surface area (Å²) in [6, 6.07) is 5.82. The molecule has 4 aromatic heterocycles. The van der Waals surface area contributed by atoms with Gasteiger partial charge in [0.05, 0.1) is 11.2 Å². The highest BCUT2D eigenvalue weighted by molar-refractivity contribution is 7.15. The molecular weight excluding hydrogens is 348 g/mol. The topological polar surface area (TPSA) is 76.6 Å². The van der Waals surface area contributed by atoms with E-state index in [0.29, 0.717) is 24.6 Å². The third kappa shape index (κ3) is 3.08. The first-order valence-electron chi connectivity index (χ1n) is 8.63. The molecule has 0 saturated heterocycles. The van der Waals surface area contributed by atoms with E-state index in [1.807, 2.05) is 38.7 Å². The Morgan fingerprint density at radius 2 is 2.23 bits per heavy atom. The van der Waals surface area contributed by atoms with E-state index in [1.54, 1.807) is 17.7 Å². The Bertz CT molecular complexity index is 1060. The van der Waals surface area contributed by atoms with Gasteiger partial charge in [-0.25, -0.2) is 14.5 Å². The highest BCUT2D eigenvalue weighted by Crippen LogP contribution is 2.16. The number of amides is 1. The molecule has 134 valence electrons. The lowest BCUT2D eigenvalue weighted by Gasteiger charge is -2.03. The fourth-order valence-electron chi connectivity index (χ4n) is 3.01. The first-order valence-corrected chi connectivity index (χ1v) is 9.51. The van der Waals surface area contributed by atoms with Crippen LogP contribution >= 0.6 is 11.3 Å². The van der Waals surface area contributed by atoms with Crippen molar-refractivity contribution in [2.75, 3.05) is 6.54 Å². The van der Waals surface area contributed by atoms with Crippen LogP contribution in [0.5, 0.6) is 0 Å². The number of carbonyl (C=O) groups is 1. The Morgan fingerprint density at radius 1 is 1.35 bits per heavy atom. The van der Waals surface area contributed by atoms with Gasteiger partial charge in [0.25, 0.3) is 5.91 Å². The Hall–Kier alpha value is -2.74. The van der Waals surface area contributed by atoms with Crippen LogP contribution in [0.2, 0.25) is 0 Å². The second-order valence-corrected chi connectivity index (χ2v) is 7.45. The molecule has 0 aliphatic carbocycles. The minimum absolute atomic E-state index is 0.145. The van der Waals surface area contributed by atoms with Crippen LogP contribution in [0.3, 0.4) is 0 Å². The summed E-state index contributed by atoms with van der Waals surface area (Å²) in [6.07, 6.45) is 5.03. The number of aromatic nitrogens is 5. The minimum atomic E-state index is -0.145. The van der Waals surface area contributed by atoms with Gasteiger partial charge in [0.2, 0.25) is 4.96 Å². The molecule has 7 nitrogen and oxygen atoms in total. The summed E-state index contributed by atoms with van der Waals surface area (Å²) in [5.74, 6) is 1.25. The molecule has 8 heteroatoms. The third-order valence-electron chi connectivity index (χ3n) is 4.18. The molecule has 0 radical (unpaired) electrons. The molecule has 26 heavy (non-hydrogen) atoms. The number of nitrogens with one attached hydrogen (secondary N) is 1. The zero-order chi connectivity index (χ0) is 18.1. The third-order valence-corrected chi connectivity index (χ3v) is 5.06. The zero-order valence-electron chi connectivity index (χ0n) is 14.7. The molecule has 4 rings (SSSR count). The number of hydrogen-bond acceptors (Lipinski definition) is 5. The van der Waals surface area contributed by atoms with Gasteiger partial charge in [0, 0.05) is 31.0 Å². The molecule has 0 fully saturated rings. The predicted molar refractivity (Wildman–Crippen MR) is 101 cm³/mol. The van der Waals surface area contributed by atoms with Crippen molar-refractivity contribution in [1.82, 2.24) is 29.3 Å². The van der Waals surface area contributed by atoms with E-state index in [2.05, 4.69) is 34.2 Å². The SMILES string of the molecule is CC(C)Cc1nc(C(=O)NCCc2csc3ncnn23)c2ccccn12. The Morgan fingerprint density at radius 3 is 3.08 bits per heavy atom. The summed E-state index contributed by atoms with van der Waals surface area (Å²) in [4.78, 5) is 22.3. The number of carbonyl (C=O) groups excluding carboxylic acids is 1. The first-order chi connectivity index (χ1) is 12.6. The van der Waals surface area contributed by atoms with E-state index >= 15 is 0 Å². The van der Waals surface area contributed by atoms with Gasteiger partial charge < -0.3 is 9.72 Å². The Kier molecular flexibility index (Phi) is 4.42. The molecule has 0 unspecified atom stereocenters. The van der Waals surface area contributed by atoms with Crippen LogP contribution in [0, 0.1) is 5.92 Å². The van der Waals surface area contributed by atoms with Crippen LogP contribution < -0.4 is 5.32 Å². The van der Waals surface area contributed by atoms with Crippen molar-refractivity contribution in [3.05, 3.63) is 53.3 Å². The van der Waals surface area contributed by atoms with E-state index in [9.17, 15) is 4.79 Å². The second-order valence-electron chi connectivity index (χ2n) is 6.62. The quantitative estimate of drug-likeness (QED) is 0.568. The smallest absolute Gasteiger partial charge is 0.272 e.